The Balaban J connectivity index is 0.00000256. The number of nitrogens with one attached hydrogen (secondary N) is 1. The molecule has 2 unspecified atom stereocenters. The summed E-state index contributed by atoms with van der Waals surface area (Å²) in [5.41, 5.74) is 1.36. The predicted octanol–water partition coefficient (Wildman–Crippen LogP) is 2.89. The van der Waals surface area contributed by atoms with E-state index in [0.29, 0.717) is 18.8 Å². The van der Waals surface area contributed by atoms with E-state index < -0.39 is 0 Å². The lowest BCUT2D eigenvalue weighted by Gasteiger charge is -2.37. The molecular weight excluding hydrogens is 500 g/mol. The van der Waals surface area contributed by atoms with Crippen LogP contribution in [-0.2, 0) is 16.0 Å². The molecule has 4 rings (SSSR count). The van der Waals surface area contributed by atoms with Crippen LogP contribution < -0.4 is 5.32 Å². The number of imidazole rings is 1. The maximum Gasteiger partial charge on any atom is 0.194 e. The van der Waals surface area contributed by atoms with Gasteiger partial charge >= 0.3 is 0 Å². The Morgan fingerprint density at radius 1 is 1.30 bits per heavy atom. The summed E-state index contributed by atoms with van der Waals surface area (Å²) in [5.74, 6) is 1.28. The Morgan fingerprint density at radius 2 is 2.13 bits per heavy atom. The molecule has 3 heterocycles. The van der Waals surface area contributed by atoms with Crippen molar-refractivity contribution in [1.29, 1.82) is 0 Å². The summed E-state index contributed by atoms with van der Waals surface area (Å²) in [4.78, 5) is 10.8. The third-order valence-corrected chi connectivity index (χ3v) is 5.53. The first-order valence-corrected chi connectivity index (χ1v) is 10.1. The Kier molecular flexibility index (Phi) is 8.06. The van der Waals surface area contributed by atoms with Gasteiger partial charge in [0.1, 0.15) is 17.7 Å². The number of aliphatic imine (C=N–C) groups is 1. The number of nitrogens with zero attached hydrogens (tertiary/aromatic N) is 4. The molecule has 1 aromatic carbocycles. The lowest BCUT2D eigenvalue weighted by Crippen LogP contribution is -2.53. The zero-order valence-corrected chi connectivity index (χ0v) is 19.7. The number of aryl methyl sites for hydroxylation is 1. The molecule has 2 aromatic rings. The lowest BCUT2D eigenvalue weighted by atomic mass is 10.1. The molecule has 0 saturated carbocycles. The zero-order chi connectivity index (χ0) is 20.2. The Bertz CT molecular complexity index is 869. The number of guanidine groups is 1. The highest BCUT2D eigenvalue weighted by atomic mass is 127. The van der Waals surface area contributed by atoms with Gasteiger partial charge in [-0.1, -0.05) is 6.07 Å². The van der Waals surface area contributed by atoms with E-state index in [-0.39, 0.29) is 42.0 Å². The lowest BCUT2D eigenvalue weighted by molar-refractivity contribution is -0.0817. The van der Waals surface area contributed by atoms with Crippen LogP contribution in [0.4, 0.5) is 4.39 Å². The van der Waals surface area contributed by atoms with Gasteiger partial charge in [-0.2, -0.15) is 0 Å². The van der Waals surface area contributed by atoms with Gasteiger partial charge in [0, 0.05) is 45.7 Å². The van der Waals surface area contributed by atoms with Gasteiger partial charge in [-0.15, -0.1) is 24.0 Å². The van der Waals surface area contributed by atoms with Crippen molar-refractivity contribution in [2.24, 2.45) is 4.99 Å². The van der Waals surface area contributed by atoms with Crippen LogP contribution in [0.2, 0.25) is 0 Å². The summed E-state index contributed by atoms with van der Waals surface area (Å²) < 4.78 is 28.1. The molecule has 2 atom stereocenters. The molecule has 2 fully saturated rings. The largest absolute Gasteiger partial charge is 0.375 e. The van der Waals surface area contributed by atoms with Crippen LogP contribution in [0.5, 0.6) is 0 Å². The second-order valence-corrected chi connectivity index (χ2v) is 7.44. The van der Waals surface area contributed by atoms with Crippen molar-refractivity contribution in [1.82, 2.24) is 19.8 Å². The van der Waals surface area contributed by atoms with E-state index >= 15 is 0 Å². The van der Waals surface area contributed by atoms with Crippen LogP contribution in [0.1, 0.15) is 24.2 Å². The number of benzene rings is 1. The number of rotatable bonds is 4. The molecule has 2 aliphatic heterocycles. The minimum atomic E-state index is -0.273. The Morgan fingerprint density at radius 3 is 2.80 bits per heavy atom. The average molecular weight is 529 g/mol. The topological polar surface area (TPSA) is 63.9 Å². The van der Waals surface area contributed by atoms with E-state index in [1.54, 1.807) is 36.1 Å². The fraction of sp³-hybridized carbons (Fsp3) is 0.524. The van der Waals surface area contributed by atoms with Crippen molar-refractivity contribution in [3.05, 3.63) is 47.8 Å². The van der Waals surface area contributed by atoms with Gasteiger partial charge in [0.25, 0.3) is 0 Å². The van der Waals surface area contributed by atoms with Crippen LogP contribution in [0.3, 0.4) is 0 Å². The molecule has 0 amide bonds. The maximum atomic E-state index is 14.6. The highest BCUT2D eigenvalue weighted by molar-refractivity contribution is 14.0. The van der Waals surface area contributed by atoms with E-state index in [9.17, 15) is 4.39 Å². The van der Waals surface area contributed by atoms with Gasteiger partial charge < -0.3 is 24.3 Å². The SMILES string of the molecule is CN=C(NCc1ccc(-n2ccnc2C)c(F)c1)N1CCOC(C2CCCO2)C1.I. The number of morpholine rings is 1. The Labute approximate surface area is 193 Å². The van der Waals surface area contributed by atoms with Gasteiger partial charge in [-0.05, 0) is 37.5 Å². The van der Waals surface area contributed by atoms with E-state index in [0.717, 1.165) is 49.9 Å². The van der Waals surface area contributed by atoms with Crippen molar-refractivity contribution >= 4 is 29.9 Å². The first kappa shape index (κ1) is 23.0. The first-order chi connectivity index (χ1) is 14.2. The van der Waals surface area contributed by atoms with Gasteiger partial charge in [-0.25, -0.2) is 9.37 Å². The van der Waals surface area contributed by atoms with Crippen LogP contribution in [0.25, 0.3) is 5.69 Å². The summed E-state index contributed by atoms with van der Waals surface area (Å²) in [6.07, 6.45) is 5.81. The molecule has 1 N–H and O–H groups in total. The molecule has 0 aliphatic carbocycles. The molecule has 2 aliphatic rings. The minimum absolute atomic E-state index is 0. The fourth-order valence-corrected chi connectivity index (χ4v) is 3.99. The fourth-order valence-electron chi connectivity index (χ4n) is 3.99. The average Bonchev–Trinajstić information content (AvgIpc) is 3.41. The number of halogens is 2. The summed E-state index contributed by atoms with van der Waals surface area (Å²) in [6, 6.07) is 5.27. The summed E-state index contributed by atoms with van der Waals surface area (Å²) >= 11 is 0. The van der Waals surface area contributed by atoms with E-state index in [1.807, 2.05) is 13.0 Å². The quantitative estimate of drug-likeness (QED) is 0.375. The van der Waals surface area contributed by atoms with Gasteiger partial charge in [0.2, 0.25) is 0 Å². The molecule has 1 aromatic heterocycles. The van der Waals surface area contributed by atoms with Crippen molar-refractivity contribution in [3.63, 3.8) is 0 Å². The molecule has 7 nitrogen and oxygen atoms in total. The molecule has 9 heteroatoms. The third-order valence-electron chi connectivity index (χ3n) is 5.53. The Hall–Kier alpha value is -1.72. The summed E-state index contributed by atoms with van der Waals surface area (Å²) in [7, 11) is 1.77. The smallest absolute Gasteiger partial charge is 0.194 e. The maximum absolute atomic E-state index is 14.6. The number of hydrogen-bond acceptors (Lipinski definition) is 4. The van der Waals surface area contributed by atoms with Gasteiger partial charge in [0.05, 0.1) is 18.4 Å². The van der Waals surface area contributed by atoms with Crippen LogP contribution in [0.15, 0.2) is 35.6 Å². The molecule has 164 valence electrons. The highest BCUT2D eigenvalue weighted by Gasteiger charge is 2.32. The van der Waals surface area contributed by atoms with Crippen LogP contribution >= 0.6 is 24.0 Å². The monoisotopic (exact) mass is 529 g/mol. The predicted molar refractivity (Wildman–Crippen MR) is 124 cm³/mol. The molecule has 0 spiro atoms. The van der Waals surface area contributed by atoms with Crippen molar-refractivity contribution < 1.29 is 13.9 Å². The van der Waals surface area contributed by atoms with Crippen LogP contribution in [0, 0.1) is 12.7 Å². The second kappa shape index (κ2) is 10.5. The van der Waals surface area contributed by atoms with Crippen molar-refractivity contribution in [2.75, 3.05) is 33.4 Å². The standard InChI is InChI=1S/C21H28FN5O2.HI/c1-15-24-7-8-27(15)18-6-5-16(12-17(18)22)13-25-21(23-2)26-9-11-29-20(14-26)19-4-3-10-28-19;/h5-8,12,19-20H,3-4,9-11,13-14H2,1-2H3,(H,23,25);1H. The highest BCUT2D eigenvalue weighted by Crippen LogP contribution is 2.21. The number of hydrogen-bond donors (Lipinski definition) is 1. The third kappa shape index (κ3) is 5.12. The normalized spacial score (nSPS) is 22.1. The second-order valence-electron chi connectivity index (χ2n) is 7.44. The van der Waals surface area contributed by atoms with Crippen molar-refractivity contribution in [2.45, 2.75) is 38.5 Å². The number of aromatic nitrogens is 2. The van der Waals surface area contributed by atoms with Crippen LogP contribution in [-0.4, -0.2) is 66.0 Å². The van der Waals surface area contributed by atoms with E-state index in [4.69, 9.17) is 9.47 Å². The molecule has 0 bridgehead atoms. The first-order valence-electron chi connectivity index (χ1n) is 10.1. The zero-order valence-electron chi connectivity index (χ0n) is 17.4. The minimum Gasteiger partial charge on any atom is -0.375 e. The molecule has 30 heavy (non-hydrogen) atoms. The summed E-state index contributed by atoms with van der Waals surface area (Å²) in [5, 5.41) is 3.35. The van der Waals surface area contributed by atoms with E-state index in [1.165, 1.54) is 0 Å². The molecule has 2 saturated heterocycles. The van der Waals surface area contributed by atoms with E-state index in [2.05, 4.69) is 20.2 Å². The van der Waals surface area contributed by atoms with Crippen molar-refractivity contribution in [3.8, 4) is 5.69 Å². The molecule has 0 radical (unpaired) electrons. The van der Waals surface area contributed by atoms with Gasteiger partial charge in [0.15, 0.2) is 5.96 Å². The molecular formula is C21H29FIN5O2. The summed E-state index contributed by atoms with van der Waals surface area (Å²) in [6.45, 7) is 5.34. The van der Waals surface area contributed by atoms with Gasteiger partial charge in [-0.3, -0.25) is 4.99 Å². The number of ether oxygens (including phenoxy) is 2.